The maximum absolute atomic E-state index is 5.56. The molecule has 0 heterocycles. The van der Waals surface area contributed by atoms with Gasteiger partial charge in [-0.05, 0) is 49.3 Å². The summed E-state index contributed by atoms with van der Waals surface area (Å²) in [6.45, 7) is 0.857. The van der Waals surface area contributed by atoms with Gasteiger partial charge in [-0.2, -0.15) is 0 Å². The molecule has 0 aliphatic rings. The topological polar surface area (TPSA) is 26.0 Å². The van der Waals surface area contributed by atoms with E-state index in [1.54, 1.807) is 0 Å². The minimum Gasteiger partial charge on any atom is -0.330 e. The molecule has 2 rings (SSSR count). The van der Waals surface area contributed by atoms with Gasteiger partial charge in [0.1, 0.15) is 0 Å². The summed E-state index contributed by atoms with van der Waals surface area (Å²) in [4.78, 5) is 0. The van der Waals surface area contributed by atoms with Crippen molar-refractivity contribution in [3.8, 4) is 0 Å². The molecule has 2 aromatic rings. The van der Waals surface area contributed by atoms with E-state index in [2.05, 4.69) is 85.0 Å². The van der Waals surface area contributed by atoms with Gasteiger partial charge in [-0.25, -0.2) is 0 Å². The Morgan fingerprint density at radius 1 is 0.500 bits per heavy atom. The minimum atomic E-state index is 0.735. The van der Waals surface area contributed by atoms with Crippen molar-refractivity contribution in [1.29, 1.82) is 0 Å². The highest BCUT2D eigenvalue weighted by Crippen LogP contribution is 2.21. The van der Waals surface area contributed by atoms with E-state index in [-0.39, 0.29) is 0 Å². The number of allylic oxidation sites excluding steroid dienone is 2. The Balaban J connectivity index is 1.60. The Morgan fingerprint density at radius 3 is 1.29 bits per heavy atom. The number of benzene rings is 2. The molecular formula is C33H49N. The van der Waals surface area contributed by atoms with Crippen LogP contribution in [0.5, 0.6) is 0 Å². The number of hydrogen-bond donors (Lipinski definition) is 1. The van der Waals surface area contributed by atoms with Crippen molar-refractivity contribution in [2.75, 3.05) is 6.54 Å². The lowest BCUT2D eigenvalue weighted by Gasteiger charge is -2.13. The molecule has 0 aromatic heterocycles. The van der Waals surface area contributed by atoms with Gasteiger partial charge in [0, 0.05) is 0 Å². The Hall–Kier alpha value is -2.12. The summed E-state index contributed by atoms with van der Waals surface area (Å²) in [5, 5.41) is 0. The van der Waals surface area contributed by atoms with E-state index >= 15 is 0 Å². The fraction of sp³-hybridized carbons (Fsp3) is 0.515. The predicted octanol–water partition coefficient (Wildman–Crippen LogP) is 9.84. The normalized spacial score (nSPS) is 12.6. The van der Waals surface area contributed by atoms with Crippen LogP contribution in [0.2, 0.25) is 0 Å². The highest BCUT2D eigenvalue weighted by atomic mass is 14.5. The Morgan fingerprint density at radius 2 is 0.882 bits per heavy atom. The van der Waals surface area contributed by atoms with Crippen LogP contribution in [0.4, 0.5) is 0 Å². The SMILES string of the molecule is NCCCCCCCCCCCCCCC(CC=Cc1ccccc1)CC=Cc1ccccc1. The average molecular weight is 460 g/mol. The maximum atomic E-state index is 5.56. The van der Waals surface area contributed by atoms with Crippen LogP contribution in [-0.2, 0) is 0 Å². The van der Waals surface area contributed by atoms with E-state index in [0.29, 0.717) is 0 Å². The highest BCUT2D eigenvalue weighted by molar-refractivity contribution is 5.49. The van der Waals surface area contributed by atoms with Crippen molar-refractivity contribution in [3.05, 3.63) is 83.9 Å². The second-order valence-electron chi connectivity index (χ2n) is 9.78. The fourth-order valence-corrected chi connectivity index (χ4v) is 4.60. The van der Waals surface area contributed by atoms with E-state index in [0.717, 1.165) is 12.5 Å². The molecule has 0 amide bonds. The number of unbranched alkanes of at least 4 members (excludes halogenated alkanes) is 11. The standard InChI is InChI=1S/C33H49N/c34-30-18-10-8-6-4-2-1-3-5-7-9-13-21-33(28-19-26-31-22-14-11-15-23-31)29-20-27-32-24-16-12-17-25-32/h11-12,14-17,19-20,22-27,33H,1-10,13,18,21,28-30,34H2. The molecule has 0 unspecified atom stereocenters. The third-order valence-corrected chi connectivity index (χ3v) is 6.73. The fourth-order valence-electron chi connectivity index (χ4n) is 4.60. The van der Waals surface area contributed by atoms with Gasteiger partial charge in [0.2, 0.25) is 0 Å². The van der Waals surface area contributed by atoms with Crippen molar-refractivity contribution in [3.63, 3.8) is 0 Å². The van der Waals surface area contributed by atoms with Gasteiger partial charge in [-0.3, -0.25) is 0 Å². The lowest BCUT2D eigenvalue weighted by Crippen LogP contribution is -1.98. The molecule has 0 spiro atoms. The van der Waals surface area contributed by atoms with Crippen LogP contribution in [0.1, 0.15) is 107 Å². The van der Waals surface area contributed by atoms with E-state index < -0.39 is 0 Å². The largest absolute Gasteiger partial charge is 0.330 e. The molecule has 0 saturated heterocycles. The molecule has 0 radical (unpaired) electrons. The van der Waals surface area contributed by atoms with E-state index in [9.17, 15) is 0 Å². The Bertz CT molecular complexity index is 695. The highest BCUT2D eigenvalue weighted by Gasteiger charge is 2.05. The molecular weight excluding hydrogens is 410 g/mol. The van der Waals surface area contributed by atoms with Gasteiger partial charge in [-0.15, -0.1) is 0 Å². The van der Waals surface area contributed by atoms with E-state index in [4.69, 9.17) is 5.73 Å². The lowest BCUT2D eigenvalue weighted by atomic mass is 9.93. The molecule has 0 saturated carbocycles. The first kappa shape index (κ1) is 28.1. The van der Waals surface area contributed by atoms with E-state index in [1.807, 2.05) is 0 Å². The smallest absolute Gasteiger partial charge is 0.00773 e. The number of rotatable bonds is 20. The van der Waals surface area contributed by atoms with Crippen molar-refractivity contribution in [1.82, 2.24) is 0 Å². The van der Waals surface area contributed by atoms with Crippen LogP contribution in [0.15, 0.2) is 72.8 Å². The van der Waals surface area contributed by atoms with Crippen LogP contribution in [0, 0.1) is 5.92 Å². The zero-order valence-electron chi connectivity index (χ0n) is 21.6. The molecule has 0 aliphatic heterocycles. The third kappa shape index (κ3) is 14.9. The molecule has 2 aromatic carbocycles. The molecule has 1 nitrogen and oxygen atoms in total. The van der Waals surface area contributed by atoms with Gasteiger partial charge in [0.25, 0.3) is 0 Å². The van der Waals surface area contributed by atoms with Crippen LogP contribution in [-0.4, -0.2) is 6.54 Å². The summed E-state index contributed by atoms with van der Waals surface area (Å²) in [5.41, 5.74) is 8.16. The summed E-state index contributed by atoms with van der Waals surface area (Å²) in [6.07, 6.45) is 29.6. The first-order valence-corrected chi connectivity index (χ1v) is 14.0. The zero-order valence-corrected chi connectivity index (χ0v) is 21.6. The molecule has 0 bridgehead atoms. The molecule has 0 fully saturated rings. The molecule has 0 atom stereocenters. The maximum Gasteiger partial charge on any atom is -0.00773 e. The quantitative estimate of drug-likeness (QED) is 0.196. The molecule has 2 N–H and O–H groups in total. The second-order valence-corrected chi connectivity index (χ2v) is 9.78. The third-order valence-electron chi connectivity index (χ3n) is 6.73. The summed E-state index contributed by atoms with van der Waals surface area (Å²) >= 11 is 0. The Kier molecular flexibility index (Phi) is 16.8. The van der Waals surface area contributed by atoms with Crippen LogP contribution in [0.3, 0.4) is 0 Å². The first-order valence-electron chi connectivity index (χ1n) is 14.0. The lowest BCUT2D eigenvalue weighted by molar-refractivity contribution is 0.457. The number of nitrogens with two attached hydrogens (primary N) is 1. The molecule has 0 aliphatic carbocycles. The summed E-state index contributed by atoms with van der Waals surface area (Å²) in [6, 6.07) is 21.4. The zero-order chi connectivity index (χ0) is 23.9. The Labute approximate surface area is 210 Å². The minimum absolute atomic E-state index is 0.735. The van der Waals surface area contributed by atoms with E-state index in [1.165, 1.54) is 107 Å². The summed E-state index contributed by atoms with van der Waals surface area (Å²) in [5.74, 6) is 0.735. The monoisotopic (exact) mass is 459 g/mol. The van der Waals surface area contributed by atoms with Gasteiger partial charge < -0.3 is 5.73 Å². The molecule has 34 heavy (non-hydrogen) atoms. The summed E-state index contributed by atoms with van der Waals surface area (Å²) < 4.78 is 0. The van der Waals surface area contributed by atoms with Crippen LogP contribution < -0.4 is 5.73 Å². The van der Waals surface area contributed by atoms with Crippen LogP contribution in [0.25, 0.3) is 12.2 Å². The molecule has 186 valence electrons. The van der Waals surface area contributed by atoms with Crippen LogP contribution >= 0.6 is 0 Å². The van der Waals surface area contributed by atoms with Gasteiger partial charge >= 0.3 is 0 Å². The van der Waals surface area contributed by atoms with Gasteiger partial charge in [0.05, 0.1) is 0 Å². The first-order chi connectivity index (χ1) is 16.9. The van der Waals surface area contributed by atoms with Gasteiger partial charge in [-0.1, -0.05) is 156 Å². The average Bonchev–Trinajstić information content (AvgIpc) is 2.88. The second kappa shape index (κ2) is 20.3. The molecule has 1 heteroatoms. The number of hydrogen-bond acceptors (Lipinski definition) is 1. The predicted molar refractivity (Wildman–Crippen MR) is 153 cm³/mol. The van der Waals surface area contributed by atoms with Gasteiger partial charge in [0.15, 0.2) is 0 Å². The van der Waals surface area contributed by atoms with Crippen molar-refractivity contribution < 1.29 is 0 Å². The van der Waals surface area contributed by atoms with Crippen molar-refractivity contribution in [2.24, 2.45) is 11.7 Å². The van der Waals surface area contributed by atoms with Crippen molar-refractivity contribution >= 4 is 12.2 Å². The van der Waals surface area contributed by atoms with Crippen molar-refractivity contribution in [2.45, 2.75) is 96.3 Å². The summed E-state index contributed by atoms with van der Waals surface area (Å²) in [7, 11) is 0.